The third-order valence-corrected chi connectivity index (χ3v) is 5.94. The number of likely N-dealkylation sites (tertiary alicyclic amines) is 1. The fourth-order valence-electron chi connectivity index (χ4n) is 4.45. The summed E-state index contributed by atoms with van der Waals surface area (Å²) < 4.78 is 5.61. The number of carbonyl (C=O) groups excluding carboxylic acids is 1. The van der Waals surface area contributed by atoms with Crippen LogP contribution in [0, 0.1) is 0 Å². The molecule has 2 saturated heterocycles. The van der Waals surface area contributed by atoms with Gasteiger partial charge in [0.05, 0.1) is 0 Å². The summed E-state index contributed by atoms with van der Waals surface area (Å²) in [6.45, 7) is 15.3. The van der Waals surface area contributed by atoms with Crippen LogP contribution in [0.15, 0.2) is 30.3 Å². The molecule has 2 aliphatic rings. The van der Waals surface area contributed by atoms with Gasteiger partial charge in [-0.2, -0.15) is 0 Å². The van der Waals surface area contributed by atoms with Crippen molar-refractivity contribution >= 4 is 6.09 Å². The number of piperazine rings is 1. The number of rotatable bonds is 4. The smallest absolute Gasteiger partial charge is 0.410 e. The summed E-state index contributed by atoms with van der Waals surface area (Å²) in [5.41, 5.74) is 0.973. The van der Waals surface area contributed by atoms with E-state index in [-0.39, 0.29) is 12.1 Å². The fourth-order valence-corrected chi connectivity index (χ4v) is 4.45. The molecule has 2 heterocycles. The minimum atomic E-state index is -0.443. The maximum absolute atomic E-state index is 12.5. The van der Waals surface area contributed by atoms with Gasteiger partial charge in [-0.3, -0.25) is 4.90 Å². The zero-order valence-corrected chi connectivity index (χ0v) is 18.2. The van der Waals surface area contributed by atoms with E-state index in [9.17, 15) is 4.79 Å². The first-order chi connectivity index (χ1) is 13.2. The molecule has 2 fully saturated rings. The Balaban J connectivity index is 1.50. The van der Waals surface area contributed by atoms with E-state index in [4.69, 9.17) is 4.74 Å². The molecule has 0 aliphatic carbocycles. The second kappa shape index (κ2) is 8.83. The lowest BCUT2D eigenvalue weighted by molar-refractivity contribution is -0.0188. The molecule has 5 heteroatoms. The number of nitrogens with zero attached hydrogens (tertiary/aromatic N) is 3. The van der Waals surface area contributed by atoms with Crippen LogP contribution >= 0.6 is 0 Å². The van der Waals surface area contributed by atoms with Crippen molar-refractivity contribution in [3.63, 3.8) is 0 Å². The van der Waals surface area contributed by atoms with E-state index in [1.54, 1.807) is 0 Å². The average molecular weight is 388 g/mol. The van der Waals surface area contributed by atoms with Gasteiger partial charge in [0.1, 0.15) is 5.60 Å². The molecule has 0 N–H and O–H groups in total. The monoisotopic (exact) mass is 387 g/mol. The Kier molecular flexibility index (Phi) is 6.66. The van der Waals surface area contributed by atoms with Gasteiger partial charge < -0.3 is 14.5 Å². The first kappa shape index (κ1) is 21.1. The average Bonchev–Trinajstić information content (AvgIpc) is 3.09. The lowest BCUT2D eigenvalue weighted by Crippen LogP contribution is -2.61. The molecule has 0 radical (unpaired) electrons. The SMILES string of the molecule is C[C@@H]1CN([C@@H]2CCN(CCc3ccccc3)C2)[C@@H](C)CN1C(=O)OC(C)(C)C. The molecular formula is C23H37N3O2. The molecule has 1 aromatic rings. The van der Waals surface area contributed by atoms with Crippen LogP contribution in [0.2, 0.25) is 0 Å². The molecule has 0 aromatic heterocycles. The van der Waals surface area contributed by atoms with Crippen LogP contribution in [-0.4, -0.2) is 77.2 Å². The highest BCUT2D eigenvalue weighted by Crippen LogP contribution is 2.25. The first-order valence-electron chi connectivity index (χ1n) is 10.7. The predicted octanol–water partition coefficient (Wildman–Crippen LogP) is 3.63. The summed E-state index contributed by atoms with van der Waals surface area (Å²) in [6, 6.07) is 11.9. The molecule has 2 aliphatic heterocycles. The van der Waals surface area contributed by atoms with Crippen LogP contribution < -0.4 is 0 Å². The molecule has 1 amide bonds. The quantitative estimate of drug-likeness (QED) is 0.790. The number of hydrogen-bond donors (Lipinski definition) is 0. The minimum Gasteiger partial charge on any atom is -0.444 e. The van der Waals surface area contributed by atoms with Crippen molar-refractivity contribution in [2.45, 2.75) is 71.2 Å². The van der Waals surface area contributed by atoms with E-state index in [1.165, 1.54) is 18.5 Å². The summed E-state index contributed by atoms with van der Waals surface area (Å²) in [5.74, 6) is 0. The van der Waals surface area contributed by atoms with Crippen molar-refractivity contribution < 1.29 is 9.53 Å². The van der Waals surface area contributed by atoms with Gasteiger partial charge in [-0.1, -0.05) is 30.3 Å². The number of carbonyl (C=O) groups is 1. The van der Waals surface area contributed by atoms with Crippen molar-refractivity contribution in [1.29, 1.82) is 0 Å². The summed E-state index contributed by atoms with van der Waals surface area (Å²) in [4.78, 5) is 19.7. The van der Waals surface area contributed by atoms with Crippen LogP contribution in [-0.2, 0) is 11.2 Å². The molecule has 3 rings (SSSR count). The molecule has 0 bridgehead atoms. The Morgan fingerprint density at radius 1 is 1.07 bits per heavy atom. The molecular weight excluding hydrogens is 350 g/mol. The van der Waals surface area contributed by atoms with Gasteiger partial charge in [-0.15, -0.1) is 0 Å². The van der Waals surface area contributed by atoms with E-state index in [0.717, 1.165) is 32.6 Å². The largest absolute Gasteiger partial charge is 0.444 e. The predicted molar refractivity (Wildman–Crippen MR) is 114 cm³/mol. The Morgan fingerprint density at radius 3 is 2.46 bits per heavy atom. The first-order valence-corrected chi connectivity index (χ1v) is 10.7. The topological polar surface area (TPSA) is 36.0 Å². The summed E-state index contributed by atoms with van der Waals surface area (Å²) in [7, 11) is 0. The van der Waals surface area contributed by atoms with E-state index >= 15 is 0 Å². The van der Waals surface area contributed by atoms with E-state index < -0.39 is 5.60 Å². The lowest BCUT2D eigenvalue weighted by atomic mass is 10.0. The highest BCUT2D eigenvalue weighted by Gasteiger charge is 2.39. The maximum Gasteiger partial charge on any atom is 0.410 e. The number of hydrogen-bond acceptors (Lipinski definition) is 4. The van der Waals surface area contributed by atoms with E-state index in [1.807, 2.05) is 25.7 Å². The molecule has 3 atom stereocenters. The second-order valence-corrected chi connectivity index (χ2v) is 9.51. The Bertz CT molecular complexity index is 643. The summed E-state index contributed by atoms with van der Waals surface area (Å²) >= 11 is 0. The molecule has 5 nitrogen and oxygen atoms in total. The molecule has 0 unspecified atom stereocenters. The lowest BCUT2D eigenvalue weighted by Gasteiger charge is -2.46. The van der Waals surface area contributed by atoms with Crippen molar-refractivity contribution in [3.8, 4) is 0 Å². The van der Waals surface area contributed by atoms with Gasteiger partial charge in [-0.25, -0.2) is 4.79 Å². The highest BCUT2D eigenvalue weighted by atomic mass is 16.6. The number of benzene rings is 1. The van der Waals surface area contributed by atoms with Gasteiger partial charge in [-0.05, 0) is 59.6 Å². The number of ether oxygens (including phenoxy) is 1. The molecule has 156 valence electrons. The van der Waals surface area contributed by atoms with Crippen LogP contribution in [0.1, 0.15) is 46.6 Å². The van der Waals surface area contributed by atoms with Crippen molar-refractivity contribution in [3.05, 3.63) is 35.9 Å². The molecule has 1 aromatic carbocycles. The Labute approximate surface area is 170 Å². The normalized spacial score (nSPS) is 27.2. The van der Waals surface area contributed by atoms with Crippen LogP contribution in [0.3, 0.4) is 0 Å². The van der Waals surface area contributed by atoms with Gasteiger partial charge in [0.2, 0.25) is 0 Å². The maximum atomic E-state index is 12.5. The van der Waals surface area contributed by atoms with Crippen LogP contribution in [0.25, 0.3) is 0 Å². The minimum absolute atomic E-state index is 0.178. The van der Waals surface area contributed by atoms with Crippen molar-refractivity contribution in [1.82, 2.24) is 14.7 Å². The van der Waals surface area contributed by atoms with Gasteiger partial charge in [0.15, 0.2) is 0 Å². The van der Waals surface area contributed by atoms with E-state index in [0.29, 0.717) is 12.1 Å². The molecule has 0 spiro atoms. The second-order valence-electron chi connectivity index (χ2n) is 9.51. The van der Waals surface area contributed by atoms with Gasteiger partial charge >= 0.3 is 6.09 Å². The summed E-state index contributed by atoms with van der Waals surface area (Å²) in [5, 5.41) is 0. The summed E-state index contributed by atoms with van der Waals surface area (Å²) in [6.07, 6.45) is 2.16. The third-order valence-electron chi connectivity index (χ3n) is 5.94. The van der Waals surface area contributed by atoms with E-state index in [2.05, 4.69) is 54.0 Å². The molecule has 0 saturated carbocycles. The van der Waals surface area contributed by atoms with Gasteiger partial charge in [0.25, 0.3) is 0 Å². The van der Waals surface area contributed by atoms with Crippen LogP contribution in [0.4, 0.5) is 4.79 Å². The number of amides is 1. The Morgan fingerprint density at radius 2 is 1.79 bits per heavy atom. The zero-order valence-electron chi connectivity index (χ0n) is 18.2. The van der Waals surface area contributed by atoms with Crippen LogP contribution in [0.5, 0.6) is 0 Å². The standard InChI is InChI=1S/C23H37N3O2/c1-18-16-26(22(27)28-23(3,4)5)19(2)15-25(18)21-12-14-24(17-21)13-11-20-9-7-6-8-10-20/h6-10,18-19,21H,11-17H2,1-5H3/t18-,19+,21+/m0/s1. The zero-order chi connectivity index (χ0) is 20.3. The van der Waals surface area contributed by atoms with Crippen molar-refractivity contribution in [2.75, 3.05) is 32.7 Å². The fraction of sp³-hybridized carbons (Fsp3) is 0.696. The Hall–Kier alpha value is -1.59. The highest BCUT2D eigenvalue weighted by molar-refractivity contribution is 5.68. The molecule has 28 heavy (non-hydrogen) atoms. The third kappa shape index (κ3) is 5.48. The van der Waals surface area contributed by atoms with Crippen molar-refractivity contribution in [2.24, 2.45) is 0 Å². The van der Waals surface area contributed by atoms with Gasteiger partial charge in [0, 0.05) is 44.3 Å².